The van der Waals surface area contributed by atoms with Gasteiger partial charge in [0, 0.05) is 38.1 Å². The van der Waals surface area contributed by atoms with Gasteiger partial charge in [0.2, 0.25) is 0 Å². The van der Waals surface area contributed by atoms with Crippen LogP contribution >= 0.6 is 0 Å². The number of nitrogens with one attached hydrogen (secondary N) is 1. The van der Waals surface area contributed by atoms with Crippen LogP contribution in [0.5, 0.6) is 0 Å². The molecule has 1 unspecified atom stereocenters. The molecule has 1 aromatic heterocycles. The van der Waals surface area contributed by atoms with Crippen LogP contribution in [-0.2, 0) is 11.2 Å². The smallest absolute Gasteiger partial charge is 0.326 e. The standard InChI is InChI=1S/C20H22N4O2/c1-23(2)18-10-6-7-15(13-18)21-19(20(25)26)14-16-11-12-24(22-16)17-8-4-3-5-9-17/h3-13,19,21H,14H2,1-2H3,(H,25,26). The molecule has 1 atom stereocenters. The number of para-hydroxylation sites is 1. The largest absolute Gasteiger partial charge is 0.480 e. The molecule has 3 rings (SSSR count). The topological polar surface area (TPSA) is 70.4 Å². The molecule has 3 aromatic rings. The Morgan fingerprint density at radius 1 is 1.15 bits per heavy atom. The average molecular weight is 350 g/mol. The molecule has 0 aliphatic heterocycles. The quantitative estimate of drug-likeness (QED) is 0.685. The van der Waals surface area contributed by atoms with Crippen molar-refractivity contribution in [1.82, 2.24) is 9.78 Å². The van der Waals surface area contributed by atoms with Crippen molar-refractivity contribution >= 4 is 17.3 Å². The maximum atomic E-state index is 11.7. The summed E-state index contributed by atoms with van der Waals surface area (Å²) >= 11 is 0. The van der Waals surface area contributed by atoms with Gasteiger partial charge in [0.25, 0.3) is 0 Å². The van der Waals surface area contributed by atoms with E-state index in [4.69, 9.17) is 0 Å². The van der Waals surface area contributed by atoms with Crippen LogP contribution in [0.4, 0.5) is 11.4 Å². The fraction of sp³-hybridized carbons (Fsp3) is 0.200. The maximum Gasteiger partial charge on any atom is 0.326 e. The van der Waals surface area contributed by atoms with Gasteiger partial charge in [0.1, 0.15) is 6.04 Å². The van der Waals surface area contributed by atoms with Gasteiger partial charge in [0.15, 0.2) is 0 Å². The fourth-order valence-corrected chi connectivity index (χ4v) is 2.68. The van der Waals surface area contributed by atoms with Gasteiger partial charge in [-0.15, -0.1) is 0 Å². The zero-order valence-corrected chi connectivity index (χ0v) is 14.8. The van der Waals surface area contributed by atoms with Crippen molar-refractivity contribution < 1.29 is 9.90 Å². The summed E-state index contributed by atoms with van der Waals surface area (Å²) in [5.74, 6) is -0.908. The van der Waals surface area contributed by atoms with Crippen LogP contribution in [0.3, 0.4) is 0 Å². The van der Waals surface area contributed by atoms with Crippen LogP contribution in [0.1, 0.15) is 5.69 Å². The van der Waals surface area contributed by atoms with E-state index in [1.807, 2.05) is 85.9 Å². The molecule has 0 radical (unpaired) electrons. The first-order valence-electron chi connectivity index (χ1n) is 8.39. The van der Waals surface area contributed by atoms with E-state index in [1.54, 1.807) is 4.68 Å². The Morgan fingerprint density at radius 2 is 1.92 bits per heavy atom. The summed E-state index contributed by atoms with van der Waals surface area (Å²) in [6.07, 6.45) is 2.14. The van der Waals surface area contributed by atoms with E-state index in [0.717, 1.165) is 22.8 Å². The van der Waals surface area contributed by atoms with Crippen molar-refractivity contribution in [2.75, 3.05) is 24.3 Å². The molecule has 134 valence electrons. The van der Waals surface area contributed by atoms with Crippen molar-refractivity contribution in [2.45, 2.75) is 12.5 Å². The van der Waals surface area contributed by atoms with Gasteiger partial charge in [-0.25, -0.2) is 9.48 Å². The molecule has 0 aliphatic rings. The normalized spacial score (nSPS) is 11.8. The number of carboxylic acids is 1. The number of carboxylic acid groups (broad SMARTS) is 1. The van der Waals surface area contributed by atoms with Crippen LogP contribution < -0.4 is 10.2 Å². The second-order valence-corrected chi connectivity index (χ2v) is 6.27. The highest BCUT2D eigenvalue weighted by Crippen LogP contribution is 2.19. The highest BCUT2D eigenvalue weighted by molar-refractivity contribution is 5.78. The lowest BCUT2D eigenvalue weighted by molar-refractivity contribution is -0.137. The molecule has 0 spiro atoms. The maximum absolute atomic E-state index is 11.7. The molecule has 2 aromatic carbocycles. The van der Waals surface area contributed by atoms with Gasteiger partial charge in [-0.3, -0.25) is 0 Å². The van der Waals surface area contributed by atoms with E-state index in [0.29, 0.717) is 6.42 Å². The summed E-state index contributed by atoms with van der Waals surface area (Å²) < 4.78 is 1.75. The minimum absolute atomic E-state index is 0.293. The molecule has 2 N–H and O–H groups in total. The SMILES string of the molecule is CN(C)c1cccc(NC(Cc2ccn(-c3ccccc3)n2)C(=O)O)c1. The highest BCUT2D eigenvalue weighted by atomic mass is 16.4. The van der Waals surface area contributed by atoms with Crippen LogP contribution in [0, 0.1) is 0 Å². The van der Waals surface area contributed by atoms with Crippen molar-refractivity contribution in [3.63, 3.8) is 0 Å². The molecule has 1 heterocycles. The number of hydrogen-bond acceptors (Lipinski definition) is 4. The summed E-state index contributed by atoms with van der Waals surface area (Å²) in [4.78, 5) is 13.7. The molecule has 26 heavy (non-hydrogen) atoms. The Morgan fingerprint density at radius 3 is 2.62 bits per heavy atom. The van der Waals surface area contributed by atoms with Crippen LogP contribution in [0.2, 0.25) is 0 Å². The number of aromatic nitrogens is 2. The van der Waals surface area contributed by atoms with Gasteiger partial charge in [-0.2, -0.15) is 5.10 Å². The third kappa shape index (κ3) is 4.22. The molecule has 0 saturated carbocycles. The summed E-state index contributed by atoms with van der Waals surface area (Å²) in [6, 6.07) is 18.5. The first kappa shape index (κ1) is 17.5. The monoisotopic (exact) mass is 350 g/mol. The number of hydrogen-bond donors (Lipinski definition) is 2. The highest BCUT2D eigenvalue weighted by Gasteiger charge is 2.19. The number of rotatable bonds is 7. The number of anilines is 2. The average Bonchev–Trinajstić information content (AvgIpc) is 3.11. The third-order valence-electron chi connectivity index (χ3n) is 4.08. The fourth-order valence-electron chi connectivity index (χ4n) is 2.68. The molecule has 0 bridgehead atoms. The molecule has 0 fully saturated rings. The number of benzene rings is 2. The Bertz CT molecular complexity index is 874. The third-order valence-corrected chi connectivity index (χ3v) is 4.08. The summed E-state index contributed by atoms with van der Waals surface area (Å²) in [5, 5.41) is 17.2. The predicted octanol–water partition coefficient (Wildman–Crippen LogP) is 3.05. The van der Waals surface area contributed by atoms with E-state index >= 15 is 0 Å². The summed E-state index contributed by atoms with van der Waals surface area (Å²) in [6.45, 7) is 0. The predicted molar refractivity (Wildman–Crippen MR) is 103 cm³/mol. The minimum atomic E-state index is -0.908. The van der Waals surface area contributed by atoms with Crippen LogP contribution in [0.15, 0.2) is 66.9 Å². The Labute approximate surface area is 152 Å². The molecule has 0 aliphatic carbocycles. The lowest BCUT2D eigenvalue weighted by Crippen LogP contribution is -2.31. The van der Waals surface area contributed by atoms with Crippen molar-refractivity contribution in [2.24, 2.45) is 0 Å². The Kier molecular flexibility index (Phi) is 5.22. The summed E-state index contributed by atoms with van der Waals surface area (Å²) in [5.41, 5.74) is 3.44. The van der Waals surface area contributed by atoms with Crippen molar-refractivity contribution in [1.29, 1.82) is 0 Å². The summed E-state index contributed by atoms with van der Waals surface area (Å²) in [7, 11) is 3.90. The zero-order chi connectivity index (χ0) is 18.5. The number of carbonyl (C=O) groups is 1. The molecular formula is C20H22N4O2. The van der Waals surface area contributed by atoms with Gasteiger partial charge < -0.3 is 15.3 Å². The van der Waals surface area contributed by atoms with E-state index < -0.39 is 12.0 Å². The van der Waals surface area contributed by atoms with Gasteiger partial charge >= 0.3 is 5.97 Å². The van der Waals surface area contributed by atoms with Crippen molar-refractivity contribution in [3.05, 3.63) is 72.6 Å². The zero-order valence-electron chi connectivity index (χ0n) is 14.8. The first-order valence-corrected chi connectivity index (χ1v) is 8.39. The Hall–Kier alpha value is -3.28. The first-order chi connectivity index (χ1) is 12.5. The molecule has 6 heteroatoms. The minimum Gasteiger partial charge on any atom is -0.480 e. The second-order valence-electron chi connectivity index (χ2n) is 6.27. The number of aliphatic carboxylic acids is 1. The van der Waals surface area contributed by atoms with Gasteiger partial charge in [0.05, 0.1) is 11.4 Å². The van der Waals surface area contributed by atoms with E-state index in [9.17, 15) is 9.90 Å². The second kappa shape index (κ2) is 7.74. The molecule has 6 nitrogen and oxygen atoms in total. The lowest BCUT2D eigenvalue weighted by atomic mass is 10.1. The lowest BCUT2D eigenvalue weighted by Gasteiger charge is -2.18. The van der Waals surface area contributed by atoms with Gasteiger partial charge in [-0.1, -0.05) is 24.3 Å². The van der Waals surface area contributed by atoms with E-state index in [-0.39, 0.29) is 0 Å². The van der Waals surface area contributed by atoms with Crippen molar-refractivity contribution in [3.8, 4) is 5.69 Å². The Balaban J connectivity index is 1.74. The number of nitrogens with zero attached hydrogens (tertiary/aromatic N) is 3. The molecule has 0 amide bonds. The molecule has 0 saturated heterocycles. The van der Waals surface area contributed by atoms with E-state index in [2.05, 4.69) is 10.4 Å². The van der Waals surface area contributed by atoms with Gasteiger partial charge in [-0.05, 0) is 36.4 Å². The molecular weight excluding hydrogens is 328 g/mol. The van der Waals surface area contributed by atoms with E-state index in [1.165, 1.54) is 0 Å². The van der Waals surface area contributed by atoms with Crippen LogP contribution in [0.25, 0.3) is 5.69 Å². The van der Waals surface area contributed by atoms with Crippen LogP contribution in [-0.4, -0.2) is 41.0 Å².